The standard InChI is InChI=1S/C15H20N2O2/c1-11-6-12(2)8-13(7-11)10-16-14-4-3-5-15(9-14)17(18)19/h3-6,9,11,13,16H,7-8,10H2,1-2H3. The van der Waals surface area contributed by atoms with E-state index in [0.29, 0.717) is 11.8 Å². The van der Waals surface area contributed by atoms with Crippen molar-refractivity contribution in [1.82, 2.24) is 0 Å². The summed E-state index contributed by atoms with van der Waals surface area (Å²) in [6.45, 7) is 5.29. The van der Waals surface area contributed by atoms with Gasteiger partial charge in [0.15, 0.2) is 0 Å². The van der Waals surface area contributed by atoms with E-state index in [1.54, 1.807) is 12.1 Å². The van der Waals surface area contributed by atoms with Crippen LogP contribution in [0.15, 0.2) is 35.9 Å². The van der Waals surface area contributed by atoms with Gasteiger partial charge in [-0.1, -0.05) is 24.6 Å². The Hall–Kier alpha value is -1.84. The molecule has 0 spiro atoms. The van der Waals surface area contributed by atoms with Gasteiger partial charge in [0.2, 0.25) is 0 Å². The number of nitro benzene ring substituents is 1. The van der Waals surface area contributed by atoms with Crippen LogP contribution < -0.4 is 5.32 Å². The van der Waals surface area contributed by atoms with E-state index in [9.17, 15) is 10.1 Å². The third-order valence-electron chi connectivity index (χ3n) is 3.54. The van der Waals surface area contributed by atoms with Crippen molar-refractivity contribution in [3.05, 3.63) is 46.0 Å². The molecular formula is C15H20N2O2. The van der Waals surface area contributed by atoms with E-state index in [2.05, 4.69) is 25.2 Å². The second-order valence-corrected chi connectivity index (χ2v) is 5.48. The molecule has 2 rings (SSSR count). The molecule has 4 heteroatoms. The lowest BCUT2D eigenvalue weighted by Crippen LogP contribution is -2.20. The summed E-state index contributed by atoms with van der Waals surface area (Å²) in [5.74, 6) is 1.24. The van der Waals surface area contributed by atoms with E-state index in [1.807, 2.05) is 6.07 Å². The Kier molecular flexibility index (Phi) is 4.20. The van der Waals surface area contributed by atoms with Crippen molar-refractivity contribution >= 4 is 11.4 Å². The quantitative estimate of drug-likeness (QED) is 0.505. The Balaban J connectivity index is 1.94. The zero-order valence-corrected chi connectivity index (χ0v) is 11.4. The van der Waals surface area contributed by atoms with Crippen LogP contribution in [0.25, 0.3) is 0 Å². The summed E-state index contributed by atoms with van der Waals surface area (Å²) in [6.07, 6.45) is 4.63. The van der Waals surface area contributed by atoms with Gasteiger partial charge in [0.05, 0.1) is 4.92 Å². The summed E-state index contributed by atoms with van der Waals surface area (Å²) in [6, 6.07) is 6.70. The van der Waals surface area contributed by atoms with Crippen LogP contribution in [0.4, 0.5) is 11.4 Å². The molecule has 0 aromatic heterocycles. The fraction of sp³-hybridized carbons (Fsp3) is 0.467. The van der Waals surface area contributed by atoms with Gasteiger partial charge < -0.3 is 5.32 Å². The minimum atomic E-state index is -0.360. The highest BCUT2D eigenvalue weighted by molar-refractivity contribution is 5.50. The molecule has 2 atom stereocenters. The zero-order chi connectivity index (χ0) is 13.8. The van der Waals surface area contributed by atoms with Gasteiger partial charge in [-0.05, 0) is 37.7 Å². The lowest BCUT2D eigenvalue weighted by Gasteiger charge is -2.25. The molecule has 4 nitrogen and oxygen atoms in total. The Labute approximate surface area is 113 Å². The predicted octanol–water partition coefficient (Wildman–Crippen LogP) is 4.00. The number of benzene rings is 1. The number of hydrogen-bond donors (Lipinski definition) is 1. The first-order chi connectivity index (χ1) is 9.04. The van der Waals surface area contributed by atoms with Gasteiger partial charge in [0.1, 0.15) is 0 Å². The number of nitro groups is 1. The van der Waals surface area contributed by atoms with Crippen molar-refractivity contribution < 1.29 is 4.92 Å². The van der Waals surface area contributed by atoms with E-state index < -0.39 is 0 Å². The summed E-state index contributed by atoms with van der Waals surface area (Å²) >= 11 is 0. The molecule has 1 aromatic carbocycles. The maximum Gasteiger partial charge on any atom is 0.271 e. The van der Waals surface area contributed by atoms with Gasteiger partial charge in [-0.25, -0.2) is 0 Å². The first kappa shape index (κ1) is 13.6. The summed E-state index contributed by atoms with van der Waals surface area (Å²) in [4.78, 5) is 10.4. The highest BCUT2D eigenvalue weighted by atomic mass is 16.6. The normalized spacial score (nSPS) is 22.7. The zero-order valence-electron chi connectivity index (χ0n) is 11.4. The SMILES string of the molecule is CC1=CC(C)CC(CNc2cccc([N+](=O)[O-])c2)C1. The molecule has 0 amide bonds. The first-order valence-electron chi connectivity index (χ1n) is 6.70. The monoisotopic (exact) mass is 260 g/mol. The summed E-state index contributed by atoms with van der Waals surface area (Å²) in [5, 5.41) is 14.0. The van der Waals surface area contributed by atoms with Gasteiger partial charge in [-0.15, -0.1) is 0 Å². The first-order valence-corrected chi connectivity index (χ1v) is 6.70. The number of non-ortho nitro benzene ring substituents is 1. The van der Waals surface area contributed by atoms with Crippen molar-refractivity contribution in [2.75, 3.05) is 11.9 Å². The second-order valence-electron chi connectivity index (χ2n) is 5.48. The highest BCUT2D eigenvalue weighted by Gasteiger charge is 2.17. The summed E-state index contributed by atoms with van der Waals surface area (Å²) in [7, 11) is 0. The summed E-state index contributed by atoms with van der Waals surface area (Å²) in [5.41, 5.74) is 2.41. The van der Waals surface area contributed by atoms with Crippen molar-refractivity contribution in [1.29, 1.82) is 0 Å². The van der Waals surface area contributed by atoms with Crippen LogP contribution in [0.3, 0.4) is 0 Å². The van der Waals surface area contributed by atoms with Crippen molar-refractivity contribution in [2.24, 2.45) is 11.8 Å². The fourth-order valence-corrected chi connectivity index (χ4v) is 2.83. The minimum absolute atomic E-state index is 0.137. The van der Waals surface area contributed by atoms with E-state index in [-0.39, 0.29) is 10.6 Å². The second kappa shape index (κ2) is 5.87. The third-order valence-corrected chi connectivity index (χ3v) is 3.54. The van der Waals surface area contributed by atoms with E-state index in [4.69, 9.17) is 0 Å². The lowest BCUT2D eigenvalue weighted by molar-refractivity contribution is -0.384. The Morgan fingerprint density at radius 3 is 2.95 bits per heavy atom. The molecule has 1 N–H and O–H groups in total. The van der Waals surface area contributed by atoms with Crippen molar-refractivity contribution in [2.45, 2.75) is 26.7 Å². The van der Waals surface area contributed by atoms with Gasteiger partial charge in [-0.3, -0.25) is 10.1 Å². The van der Waals surface area contributed by atoms with Gasteiger partial charge in [0.25, 0.3) is 5.69 Å². The van der Waals surface area contributed by atoms with Gasteiger partial charge in [-0.2, -0.15) is 0 Å². The molecule has 102 valence electrons. The van der Waals surface area contributed by atoms with Crippen LogP contribution in [0.1, 0.15) is 26.7 Å². The van der Waals surface area contributed by atoms with Crippen LogP contribution in [-0.4, -0.2) is 11.5 Å². The average Bonchev–Trinajstić information content (AvgIpc) is 2.35. The van der Waals surface area contributed by atoms with Gasteiger partial charge >= 0.3 is 0 Å². The molecule has 1 aliphatic rings. The fourth-order valence-electron chi connectivity index (χ4n) is 2.83. The smallest absolute Gasteiger partial charge is 0.271 e. The van der Waals surface area contributed by atoms with Crippen LogP contribution in [0, 0.1) is 22.0 Å². The third kappa shape index (κ3) is 3.81. The van der Waals surface area contributed by atoms with Crippen LogP contribution in [0.5, 0.6) is 0 Å². The maximum atomic E-state index is 10.7. The number of allylic oxidation sites excluding steroid dienone is 2. The van der Waals surface area contributed by atoms with Crippen molar-refractivity contribution in [3.8, 4) is 0 Å². The molecule has 0 fully saturated rings. The molecular weight excluding hydrogens is 240 g/mol. The molecule has 1 aliphatic carbocycles. The summed E-state index contributed by atoms with van der Waals surface area (Å²) < 4.78 is 0. The molecule has 1 aromatic rings. The molecule has 0 aliphatic heterocycles. The molecule has 0 bridgehead atoms. The molecule has 2 unspecified atom stereocenters. The van der Waals surface area contributed by atoms with Crippen LogP contribution >= 0.6 is 0 Å². The number of rotatable bonds is 4. The van der Waals surface area contributed by atoms with Gasteiger partial charge in [0, 0.05) is 24.4 Å². The van der Waals surface area contributed by atoms with E-state index >= 15 is 0 Å². The topological polar surface area (TPSA) is 55.2 Å². The number of nitrogens with one attached hydrogen (secondary N) is 1. The number of hydrogen-bond acceptors (Lipinski definition) is 3. The van der Waals surface area contributed by atoms with E-state index in [1.165, 1.54) is 18.1 Å². The highest BCUT2D eigenvalue weighted by Crippen LogP contribution is 2.28. The molecule has 0 saturated carbocycles. The molecule has 0 saturated heterocycles. The average molecular weight is 260 g/mol. The minimum Gasteiger partial charge on any atom is -0.385 e. The Morgan fingerprint density at radius 2 is 2.26 bits per heavy atom. The van der Waals surface area contributed by atoms with E-state index in [0.717, 1.165) is 18.7 Å². The maximum absolute atomic E-state index is 10.7. The molecule has 0 radical (unpaired) electrons. The molecule has 0 heterocycles. The lowest BCUT2D eigenvalue weighted by atomic mass is 9.84. The Morgan fingerprint density at radius 1 is 1.47 bits per heavy atom. The van der Waals surface area contributed by atoms with Crippen LogP contribution in [0.2, 0.25) is 0 Å². The number of nitrogens with zero attached hydrogens (tertiary/aromatic N) is 1. The van der Waals surface area contributed by atoms with Crippen LogP contribution in [-0.2, 0) is 0 Å². The largest absolute Gasteiger partial charge is 0.385 e. The van der Waals surface area contributed by atoms with Crippen molar-refractivity contribution in [3.63, 3.8) is 0 Å². The number of anilines is 1. The predicted molar refractivity (Wildman–Crippen MR) is 77.2 cm³/mol. The Bertz CT molecular complexity index is 497. The molecule has 19 heavy (non-hydrogen) atoms.